The third-order valence-corrected chi connectivity index (χ3v) is 3.21. The van der Waals surface area contributed by atoms with Crippen LogP contribution in [0.3, 0.4) is 0 Å². The molecule has 90 valence electrons. The van der Waals surface area contributed by atoms with Gasteiger partial charge in [0.25, 0.3) is 0 Å². The van der Waals surface area contributed by atoms with Crippen molar-refractivity contribution in [2.75, 3.05) is 0 Å². The molecule has 0 radical (unpaired) electrons. The number of hydrogen-bond acceptors (Lipinski definition) is 3. The molecule has 1 atom stereocenters. The third kappa shape index (κ3) is 2.34. The smallest absolute Gasteiger partial charge is 0.153 e. The fourth-order valence-electron chi connectivity index (χ4n) is 1.57. The molecule has 0 saturated carbocycles. The molecule has 1 heterocycles. The molecule has 0 fully saturated rings. The lowest BCUT2D eigenvalue weighted by atomic mass is 10.0. The van der Waals surface area contributed by atoms with E-state index in [1.54, 1.807) is 7.05 Å². The minimum Gasteiger partial charge on any atom is -0.319 e. The summed E-state index contributed by atoms with van der Waals surface area (Å²) in [5.74, 6) is -0.407. The van der Waals surface area contributed by atoms with Crippen molar-refractivity contribution in [3.63, 3.8) is 0 Å². The van der Waals surface area contributed by atoms with Crippen LogP contribution in [0.1, 0.15) is 17.3 Å². The van der Waals surface area contributed by atoms with Crippen LogP contribution >= 0.6 is 27.5 Å². The standard InChI is InChI=1S/C10H9BrClFN4/c1-17-9(10(11)15-16-17)8(14)6-4-5(12)2-3-7(6)13/h2-4,8H,14H2,1H3. The average Bonchev–Trinajstić information content (AvgIpc) is 2.61. The summed E-state index contributed by atoms with van der Waals surface area (Å²) >= 11 is 9.06. The predicted molar refractivity (Wildman–Crippen MR) is 66.1 cm³/mol. The maximum absolute atomic E-state index is 13.7. The van der Waals surface area contributed by atoms with Crippen LogP contribution in [0.2, 0.25) is 5.02 Å². The highest BCUT2D eigenvalue weighted by Crippen LogP contribution is 2.28. The first kappa shape index (κ1) is 12.5. The molecule has 1 unspecified atom stereocenters. The normalized spacial score (nSPS) is 12.8. The van der Waals surface area contributed by atoms with Gasteiger partial charge < -0.3 is 5.73 Å². The molecule has 2 N–H and O–H groups in total. The van der Waals surface area contributed by atoms with Crippen molar-refractivity contribution in [3.05, 3.63) is 44.9 Å². The van der Waals surface area contributed by atoms with E-state index in [9.17, 15) is 4.39 Å². The Morgan fingerprint density at radius 3 is 2.82 bits per heavy atom. The second kappa shape index (κ2) is 4.72. The van der Waals surface area contributed by atoms with Crippen molar-refractivity contribution in [1.29, 1.82) is 0 Å². The molecule has 0 amide bonds. The Morgan fingerprint density at radius 2 is 2.24 bits per heavy atom. The number of nitrogens with two attached hydrogens (primary N) is 1. The van der Waals surface area contributed by atoms with Gasteiger partial charge in [0.15, 0.2) is 4.60 Å². The molecule has 0 bridgehead atoms. The molecule has 0 aliphatic rings. The molecule has 0 spiro atoms. The van der Waals surface area contributed by atoms with Crippen LogP contribution in [0.15, 0.2) is 22.8 Å². The monoisotopic (exact) mass is 318 g/mol. The summed E-state index contributed by atoms with van der Waals surface area (Å²) in [6.45, 7) is 0. The first-order valence-corrected chi connectivity index (χ1v) is 5.93. The van der Waals surface area contributed by atoms with Crippen molar-refractivity contribution >= 4 is 27.5 Å². The van der Waals surface area contributed by atoms with Gasteiger partial charge in [-0.3, -0.25) is 0 Å². The molecule has 0 saturated heterocycles. The van der Waals surface area contributed by atoms with Gasteiger partial charge in [0, 0.05) is 17.6 Å². The molecule has 1 aromatic heterocycles. The van der Waals surface area contributed by atoms with Gasteiger partial charge in [0.2, 0.25) is 0 Å². The number of halogens is 3. The van der Waals surface area contributed by atoms with E-state index in [2.05, 4.69) is 26.2 Å². The van der Waals surface area contributed by atoms with Gasteiger partial charge in [-0.25, -0.2) is 9.07 Å². The number of nitrogens with zero attached hydrogens (tertiary/aromatic N) is 3. The highest BCUT2D eigenvalue weighted by atomic mass is 79.9. The lowest BCUT2D eigenvalue weighted by Crippen LogP contribution is -2.17. The first-order valence-electron chi connectivity index (χ1n) is 4.76. The Morgan fingerprint density at radius 1 is 1.53 bits per heavy atom. The van der Waals surface area contributed by atoms with Gasteiger partial charge in [-0.2, -0.15) is 0 Å². The van der Waals surface area contributed by atoms with Crippen LogP contribution in [-0.4, -0.2) is 15.0 Å². The van der Waals surface area contributed by atoms with E-state index in [-0.39, 0.29) is 0 Å². The molecular weight excluding hydrogens is 310 g/mol. The summed E-state index contributed by atoms with van der Waals surface area (Å²) in [4.78, 5) is 0. The second-order valence-electron chi connectivity index (χ2n) is 3.53. The number of rotatable bonds is 2. The van der Waals surface area contributed by atoms with Gasteiger partial charge in [0.1, 0.15) is 5.82 Å². The van der Waals surface area contributed by atoms with Gasteiger partial charge >= 0.3 is 0 Å². The van der Waals surface area contributed by atoms with E-state index in [0.29, 0.717) is 20.9 Å². The van der Waals surface area contributed by atoms with Crippen LogP contribution in [0, 0.1) is 5.82 Å². The van der Waals surface area contributed by atoms with Crippen LogP contribution in [0.5, 0.6) is 0 Å². The lowest BCUT2D eigenvalue weighted by Gasteiger charge is -2.13. The Labute approximate surface area is 111 Å². The molecule has 7 heteroatoms. The number of hydrogen-bond donors (Lipinski definition) is 1. The van der Waals surface area contributed by atoms with Gasteiger partial charge in [-0.15, -0.1) is 5.10 Å². The highest BCUT2D eigenvalue weighted by molar-refractivity contribution is 9.10. The Hall–Kier alpha value is -0.980. The van der Waals surface area contributed by atoms with E-state index in [4.69, 9.17) is 17.3 Å². The molecule has 17 heavy (non-hydrogen) atoms. The summed E-state index contributed by atoms with van der Waals surface area (Å²) < 4.78 is 15.7. The van der Waals surface area contributed by atoms with Crippen molar-refractivity contribution in [2.24, 2.45) is 12.8 Å². The molecule has 4 nitrogen and oxygen atoms in total. The highest BCUT2D eigenvalue weighted by Gasteiger charge is 2.21. The summed E-state index contributed by atoms with van der Waals surface area (Å²) in [5, 5.41) is 8.04. The largest absolute Gasteiger partial charge is 0.319 e. The number of aromatic nitrogens is 3. The van der Waals surface area contributed by atoms with Crippen LogP contribution in [0.25, 0.3) is 0 Å². The maximum Gasteiger partial charge on any atom is 0.153 e. The maximum atomic E-state index is 13.7. The number of benzene rings is 1. The lowest BCUT2D eigenvalue weighted by molar-refractivity contribution is 0.584. The zero-order valence-corrected chi connectivity index (χ0v) is 11.2. The van der Waals surface area contributed by atoms with Crippen molar-refractivity contribution in [3.8, 4) is 0 Å². The zero-order valence-electron chi connectivity index (χ0n) is 8.86. The Balaban J connectivity index is 2.50. The third-order valence-electron chi connectivity index (χ3n) is 2.41. The summed E-state index contributed by atoms with van der Waals surface area (Å²) in [6.07, 6.45) is 0. The Bertz CT molecular complexity index is 538. The molecule has 2 aromatic rings. The van der Waals surface area contributed by atoms with Gasteiger partial charge in [0.05, 0.1) is 11.7 Å². The van der Waals surface area contributed by atoms with E-state index < -0.39 is 11.9 Å². The fourth-order valence-corrected chi connectivity index (χ4v) is 2.32. The quantitative estimate of drug-likeness (QED) is 0.925. The number of aryl methyl sites for hydroxylation is 1. The van der Waals surface area contributed by atoms with Crippen molar-refractivity contribution < 1.29 is 4.39 Å². The first-order chi connectivity index (χ1) is 8.00. The van der Waals surface area contributed by atoms with E-state index in [0.717, 1.165) is 0 Å². The van der Waals surface area contributed by atoms with Crippen molar-refractivity contribution in [2.45, 2.75) is 6.04 Å². The summed E-state index contributed by atoms with van der Waals surface area (Å²) in [7, 11) is 1.69. The average molecular weight is 320 g/mol. The van der Waals surface area contributed by atoms with Gasteiger partial charge in [-0.05, 0) is 34.1 Å². The molecule has 0 aliphatic carbocycles. The van der Waals surface area contributed by atoms with E-state index in [1.807, 2.05) is 0 Å². The Kier molecular flexibility index (Phi) is 3.46. The van der Waals surface area contributed by atoms with Gasteiger partial charge in [-0.1, -0.05) is 16.8 Å². The van der Waals surface area contributed by atoms with E-state index in [1.165, 1.54) is 22.9 Å². The zero-order chi connectivity index (χ0) is 12.6. The fraction of sp³-hybridized carbons (Fsp3) is 0.200. The molecule has 2 rings (SSSR count). The SMILES string of the molecule is Cn1nnc(Br)c1C(N)c1cc(Cl)ccc1F. The summed E-state index contributed by atoms with van der Waals surface area (Å²) in [5.41, 5.74) is 6.90. The second-order valence-corrected chi connectivity index (χ2v) is 4.72. The van der Waals surface area contributed by atoms with Crippen LogP contribution in [0.4, 0.5) is 4.39 Å². The van der Waals surface area contributed by atoms with E-state index >= 15 is 0 Å². The van der Waals surface area contributed by atoms with Crippen molar-refractivity contribution in [1.82, 2.24) is 15.0 Å². The molecule has 0 aliphatic heterocycles. The molecule has 1 aromatic carbocycles. The van der Waals surface area contributed by atoms with Crippen LogP contribution in [-0.2, 0) is 7.05 Å². The minimum atomic E-state index is -0.678. The predicted octanol–water partition coefficient (Wildman–Crippen LogP) is 2.42. The van der Waals surface area contributed by atoms with Crippen LogP contribution < -0.4 is 5.73 Å². The molecular formula is C10H9BrClFN4. The summed E-state index contributed by atoms with van der Waals surface area (Å²) in [6, 6.07) is 3.59. The topological polar surface area (TPSA) is 56.7 Å². The minimum absolute atomic E-state index is 0.309.